The zero-order valence-electron chi connectivity index (χ0n) is 18.2. The molecule has 0 aliphatic rings. The number of rotatable bonds is 10. The second-order valence-electron chi connectivity index (χ2n) is 7.21. The van der Waals surface area contributed by atoms with E-state index in [-0.39, 0.29) is 0 Å². The predicted octanol–water partition coefficient (Wildman–Crippen LogP) is 3.43. The molecule has 0 unspecified atom stereocenters. The molecule has 1 rings (SSSR count). The minimum absolute atomic E-state index is 0.474. The maximum Gasteiger partial charge on any atom is 0.411 e. The number of anilines is 1. The number of nitrogens with one attached hydrogen (secondary N) is 3. The van der Waals surface area contributed by atoms with Gasteiger partial charge in [0, 0.05) is 37.4 Å². The average Bonchev–Trinajstić information content (AvgIpc) is 2.66. The molecule has 0 aliphatic heterocycles. The summed E-state index contributed by atoms with van der Waals surface area (Å²) in [5.74, 6) is 0.819. The third-order valence-corrected chi connectivity index (χ3v) is 4.36. The Kier molecular flexibility index (Phi) is 11.0. The van der Waals surface area contributed by atoms with E-state index in [2.05, 4.69) is 65.2 Å². The highest BCUT2D eigenvalue weighted by Crippen LogP contribution is 2.10. The van der Waals surface area contributed by atoms with E-state index in [1.54, 1.807) is 0 Å². The van der Waals surface area contributed by atoms with E-state index in [0.29, 0.717) is 24.3 Å². The van der Waals surface area contributed by atoms with Crippen LogP contribution >= 0.6 is 0 Å². The first kappa shape index (κ1) is 23.8. The van der Waals surface area contributed by atoms with Crippen LogP contribution in [0.15, 0.2) is 29.3 Å². The SMILES string of the molecule is CCNC(=NCc1ccc(NC(=O)OC)cc1)NCCCN(C(C)C)C(C)C. The standard InChI is InChI=1S/C21H37N5O2/c1-7-22-20(23-13-8-14-26(16(2)3)17(4)5)24-15-18-9-11-19(12-10-18)25-21(27)28-6/h9-12,16-17H,7-8,13-15H2,1-6H3,(H,25,27)(H2,22,23,24). The Bertz CT molecular complexity index is 591. The number of guanidine groups is 1. The van der Waals surface area contributed by atoms with E-state index in [9.17, 15) is 4.79 Å². The van der Waals surface area contributed by atoms with Gasteiger partial charge in [-0.2, -0.15) is 0 Å². The van der Waals surface area contributed by atoms with Crippen LogP contribution in [0.3, 0.4) is 0 Å². The molecule has 0 saturated heterocycles. The second kappa shape index (κ2) is 13.0. The number of ether oxygens (including phenoxy) is 1. The average molecular weight is 392 g/mol. The van der Waals surface area contributed by atoms with Crippen molar-refractivity contribution in [2.45, 2.75) is 59.7 Å². The maximum atomic E-state index is 11.2. The third-order valence-electron chi connectivity index (χ3n) is 4.36. The molecule has 0 spiro atoms. The smallest absolute Gasteiger partial charge is 0.411 e. The number of methoxy groups -OCH3 is 1. The van der Waals surface area contributed by atoms with Crippen LogP contribution in [0.4, 0.5) is 10.5 Å². The molecule has 28 heavy (non-hydrogen) atoms. The van der Waals surface area contributed by atoms with E-state index in [4.69, 9.17) is 0 Å². The fourth-order valence-electron chi connectivity index (χ4n) is 2.96. The summed E-state index contributed by atoms with van der Waals surface area (Å²) in [4.78, 5) is 18.4. The topological polar surface area (TPSA) is 78.0 Å². The van der Waals surface area contributed by atoms with Crippen molar-refractivity contribution in [1.82, 2.24) is 15.5 Å². The molecular weight excluding hydrogens is 354 g/mol. The number of amides is 1. The highest BCUT2D eigenvalue weighted by molar-refractivity contribution is 5.84. The van der Waals surface area contributed by atoms with Crippen LogP contribution in [0.5, 0.6) is 0 Å². The maximum absolute atomic E-state index is 11.2. The molecule has 0 radical (unpaired) electrons. The van der Waals surface area contributed by atoms with Gasteiger partial charge in [0.2, 0.25) is 0 Å². The van der Waals surface area contributed by atoms with Crippen molar-refractivity contribution in [3.05, 3.63) is 29.8 Å². The number of nitrogens with zero attached hydrogens (tertiary/aromatic N) is 2. The van der Waals surface area contributed by atoms with E-state index >= 15 is 0 Å². The van der Waals surface area contributed by atoms with Crippen LogP contribution in [0.1, 0.15) is 46.6 Å². The largest absolute Gasteiger partial charge is 0.453 e. The van der Waals surface area contributed by atoms with Crippen molar-refractivity contribution < 1.29 is 9.53 Å². The summed E-state index contributed by atoms with van der Waals surface area (Å²) in [6, 6.07) is 8.68. The van der Waals surface area contributed by atoms with Gasteiger partial charge in [0.1, 0.15) is 0 Å². The molecule has 7 nitrogen and oxygen atoms in total. The Morgan fingerprint density at radius 2 is 1.75 bits per heavy atom. The summed E-state index contributed by atoms with van der Waals surface area (Å²) in [6.07, 6.45) is 0.590. The van der Waals surface area contributed by atoms with Gasteiger partial charge >= 0.3 is 6.09 Å². The van der Waals surface area contributed by atoms with Gasteiger partial charge in [-0.25, -0.2) is 9.79 Å². The lowest BCUT2D eigenvalue weighted by Crippen LogP contribution is -2.41. The van der Waals surface area contributed by atoms with Crippen LogP contribution in [0, 0.1) is 0 Å². The molecule has 7 heteroatoms. The van der Waals surface area contributed by atoms with Crippen molar-refractivity contribution in [3.63, 3.8) is 0 Å². The van der Waals surface area contributed by atoms with Crippen molar-refractivity contribution in [2.75, 3.05) is 32.1 Å². The molecule has 0 fully saturated rings. The first-order valence-corrected chi connectivity index (χ1v) is 10.1. The third kappa shape index (κ3) is 9.08. The van der Waals surface area contributed by atoms with E-state index in [1.807, 2.05) is 24.3 Å². The molecule has 1 amide bonds. The highest BCUT2D eigenvalue weighted by Gasteiger charge is 2.12. The molecule has 3 N–H and O–H groups in total. The Morgan fingerprint density at radius 1 is 1.11 bits per heavy atom. The fraction of sp³-hybridized carbons (Fsp3) is 0.619. The zero-order chi connectivity index (χ0) is 20.9. The molecule has 0 aromatic heterocycles. The van der Waals surface area contributed by atoms with Crippen LogP contribution in [0.2, 0.25) is 0 Å². The van der Waals surface area contributed by atoms with Gasteiger partial charge in [-0.3, -0.25) is 10.2 Å². The molecule has 0 aliphatic carbocycles. The number of carbonyl (C=O) groups excluding carboxylic acids is 1. The lowest BCUT2D eigenvalue weighted by molar-refractivity contribution is 0.173. The van der Waals surface area contributed by atoms with Crippen LogP contribution < -0.4 is 16.0 Å². The lowest BCUT2D eigenvalue weighted by Gasteiger charge is -2.30. The van der Waals surface area contributed by atoms with Crippen molar-refractivity contribution in [1.29, 1.82) is 0 Å². The first-order chi connectivity index (χ1) is 13.4. The molecule has 0 atom stereocenters. The van der Waals surface area contributed by atoms with Gasteiger partial charge in [0.25, 0.3) is 0 Å². The normalized spacial score (nSPS) is 11.8. The minimum Gasteiger partial charge on any atom is -0.453 e. The van der Waals surface area contributed by atoms with Gasteiger partial charge in [-0.1, -0.05) is 12.1 Å². The lowest BCUT2D eigenvalue weighted by atomic mass is 10.2. The van der Waals surface area contributed by atoms with Gasteiger partial charge in [0.05, 0.1) is 13.7 Å². The van der Waals surface area contributed by atoms with Crippen LogP contribution in [-0.2, 0) is 11.3 Å². The number of carbonyl (C=O) groups is 1. The van der Waals surface area contributed by atoms with Crippen LogP contribution in [0.25, 0.3) is 0 Å². The quantitative estimate of drug-likeness (QED) is 0.324. The molecular formula is C21H37N5O2. The Morgan fingerprint density at radius 3 is 2.29 bits per heavy atom. The Hall–Kier alpha value is -2.28. The van der Waals surface area contributed by atoms with E-state index in [0.717, 1.165) is 37.6 Å². The predicted molar refractivity (Wildman–Crippen MR) is 117 cm³/mol. The number of aliphatic imine (C=N–C) groups is 1. The number of hydrogen-bond donors (Lipinski definition) is 3. The summed E-state index contributed by atoms with van der Waals surface area (Å²) in [5.41, 5.74) is 1.77. The molecule has 1 aromatic carbocycles. The summed E-state index contributed by atoms with van der Waals surface area (Å²) in [5, 5.41) is 9.33. The summed E-state index contributed by atoms with van der Waals surface area (Å²) in [6.45, 7) is 14.4. The molecule has 158 valence electrons. The Labute approximate surface area is 169 Å². The summed E-state index contributed by atoms with van der Waals surface area (Å²) >= 11 is 0. The van der Waals surface area contributed by atoms with Crippen molar-refractivity contribution in [3.8, 4) is 0 Å². The second-order valence-corrected chi connectivity index (χ2v) is 7.21. The molecule has 0 heterocycles. The summed E-state index contributed by atoms with van der Waals surface area (Å²) < 4.78 is 4.59. The highest BCUT2D eigenvalue weighted by atomic mass is 16.5. The monoisotopic (exact) mass is 391 g/mol. The van der Waals surface area contributed by atoms with Gasteiger partial charge < -0.3 is 15.4 Å². The zero-order valence-corrected chi connectivity index (χ0v) is 18.2. The van der Waals surface area contributed by atoms with Gasteiger partial charge in [-0.05, 0) is 58.7 Å². The van der Waals surface area contributed by atoms with Gasteiger partial charge in [0.15, 0.2) is 5.96 Å². The number of hydrogen-bond acceptors (Lipinski definition) is 4. The minimum atomic E-state index is -0.474. The van der Waals surface area contributed by atoms with Crippen LogP contribution in [-0.4, -0.2) is 55.8 Å². The van der Waals surface area contributed by atoms with E-state index in [1.165, 1.54) is 7.11 Å². The van der Waals surface area contributed by atoms with Crippen molar-refractivity contribution >= 4 is 17.7 Å². The molecule has 0 bridgehead atoms. The first-order valence-electron chi connectivity index (χ1n) is 10.1. The molecule has 0 saturated carbocycles. The molecule has 1 aromatic rings. The number of benzene rings is 1. The van der Waals surface area contributed by atoms with E-state index < -0.39 is 6.09 Å². The summed E-state index contributed by atoms with van der Waals surface area (Å²) in [7, 11) is 1.34. The van der Waals surface area contributed by atoms with Gasteiger partial charge in [-0.15, -0.1) is 0 Å². The van der Waals surface area contributed by atoms with Crippen molar-refractivity contribution in [2.24, 2.45) is 4.99 Å². The Balaban J connectivity index is 2.51. The fourth-order valence-corrected chi connectivity index (χ4v) is 2.96.